The highest BCUT2D eigenvalue weighted by Crippen LogP contribution is 2.37. The van der Waals surface area contributed by atoms with Crippen LogP contribution in [0.25, 0.3) is 82.7 Å². The van der Waals surface area contributed by atoms with Gasteiger partial charge in [0.15, 0.2) is 0 Å². The van der Waals surface area contributed by atoms with Crippen LogP contribution in [0, 0.1) is 0 Å². The minimum absolute atomic E-state index is 0.0409. The lowest BCUT2D eigenvalue weighted by atomic mass is 10.0. The molecule has 0 aliphatic rings. The Hall–Kier alpha value is -6.65. The normalized spacial score (nSPS) is 11.8. The highest BCUT2D eigenvalue weighted by atomic mass is 16.1. The summed E-state index contributed by atoms with van der Waals surface area (Å²) in [6, 6.07) is 61.0. The van der Waals surface area contributed by atoms with E-state index in [2.05, 4.69) is 137 Å². The van der Waals surface area contributed by atoms with Gasteiger partial charge in [-0.15, -0.1) is 0 Å². The second-order valence-electron chi connectivity index (χ2n) is 12.5. The Morgan fingerprint density at radius 2 is 0.673 bits per heavy atom. The Kier molecular flexibility index (Phi) is 5.99. The van der Waals surface area contributed by atoms with Crippen molar-refractivity contribution in [1.29, 1.82) is 0 Å². The van der Waals surface area contributed by atoms with Crippen LogP contribution in [0.1, 0.15) is 0 Å². The molecule has 3 heterocycles. The average molecular weight is 628 g/mol. The van der Waals surface area contributed by atoms with Crippen molar-refractivity contribution >= 4 is 54.5 Å². The van der Waals surface area contributed by atoms with Crippen LogP contribution in [0.4, 0.5) is 0 Å². The summed E-state index contributed by atoms with van der Waals surface area (Å²) in [4.78, 5) is 14.6. The zero-order valence-electron chi connectivity index (χ0n) is 26.5. The maximum atomic E-state index is 14.6. The summed E-state index contributed by atoms with van der Waals surface area (Å²) in [5.74, 6) is 0. The predicted octanol–water partition coefficient (Wildman–Crippen LogP) is 10.9. The molecule has 0 unspecified atom stereocenters. The first-order valence-corrected chi connectivity index (χ1v) is 16.6. The molecule has 0 amide bonds. The molecule has 0 spiro atoms. The lowest BCUT2D eigenvalue weighted by molar-refractivity contribution is 1.04. The van der Waals surface area contributed by atoms with Crippen molar-refractivity contribution < 1.29 is 0 Å². The lowest BCUT2D eigenvalue weighted by Crippen LogP contribution is -2.21. The molecule has 7 aromatic carbocycles. The van der Waals surface area contributed by atoms with E-state index in [1.165, 1.54) is 21.8 Å². The zero-order valence-corrected chi connectivity index (χ0v) is 26.5. The molecule has 0 fully saturated rings. The first kappa shape index (κ1) is 27.5. The molecule has 0 N–H and O–H groups in total. The second-order valence-corrected chi connectivity index (χ2v) is 12.5. The van der Waals surface area contributed by atoms with E-state index >= 15 is 0 Å². The highest BCUT2D eigenvalue weighted by molar-refractivity contribution is 6.20. The van der Waals surface area contributed by atoms with Gasteiger partial charge >= 0.3 is 0 Å². The molecule has 3 aromatic heterocycles. The Labute approximate surface area is 281 Å². The SMILES string of the molecule is O=c1c2c(c3ccccc3n1-c1ccccc1)c1ccccc1n2-c1ccc(-c2ccc(-n3c4ccccc4c4ccccc43)cc2)cc1. The molecule has 10 rings (SSSR count). The van der Waals surface area contributed by atoms with Crippen LogP contribution < -0.4 is 5.56 Å². The standard InChI is InChI=1S/C45H29N3O/c49-45-44-43(38-17-7-11-21-42(38)48(45)32-12-2-1-3-13-32)37-16-6-10-20-41(37)47(44)34-28-24-31(25-29-34)30-22-26-33(27-23-30)46-39-18-8-4-14-35(39)36-15-5-9-19-40(36)46/h1-29H. The summed E-state index contributed by atoms with van der Waals surface area (Å²) < 4.78 is 6.32. The van der Waals surface area contributed by atoms with Gasteiger partial charge in [0, 0.05) is 44.0 Å². The molecule has 0 aliphatic carbocycles. The van der Waals surface area contributed by atoms with Crippen molar-refractivity contribution in [3.63, 3.8) is 0 Å². The molecule has 230 valence electrons. The monoisotopic (exact) mass is 627 g/mol. The zero-order chi connectivity index (χ0) is 32.5. The van der Waals surface area contributed by atoms with Crippen molar-refractivity contribution in [3.05, 3.63) is 186 Å². The van der Waals surface area contributed by atoms with Gasteiger partial charge in [-0.25, -0.2) is 0 Å². The number of nitrogens with zero attached hydrogens (tertiary/aromatic N) is 3. The third kappa shape index (κ3) is 4.07. The van der Waals surface area contributed by atoms with Gasteiger partial charge < -0.3 is 9.13 Å². The molecule has 0 atom stereocenters. The minimum atomic E-state index is -0.0409. The topological polar surface area (TPSA) is 31.9 Å². The van der Waals surface area contributed by atoms with E-state index in [4.69, 9.17) is 0 Å². The fourth-order valence-electron chi connectivity index (χ4n) is 7.72. The van der Waals surface area contributed by atoms with Crippen molar-refractivity contribution in [1.82, 2.24) is 13.7 Å². The number of hydrogen-bond donors (Lipinski definition) is 0. The Morgan fingerprint density at radius 3 is 1.18 bits per heavy atom. The molecule has 0 radical (unpaired) electrons. The van der Waals surface area contributed by atoms with Crippen molar-refractivity contribution in [2.24, 2.45) is 0 Å². The van der Waals surface area contributed by atoms with Crippen molar-refractivity contribution in [2.75, 3.05) is 0 Å². The molecule has 4 nitrogen and oxygen atoms in total. The number of para-hydroxylation sites is 5. The van der Waals surface area contributed by atoms with Gasteiger partial charge in [-0.2, -0.15) is 0 Å². The van der Waals surface area contributed by atoms with Crippen LogP contribution in [-0.4, -0.2) is 13.7 Å². The van der Waals surface area contributed by atoms with E-state index in [1.54, 1.807) is 0 Å². The minimum Gasteiger partial charge on any atom is -0.309 e. The quantitative estimate of drug-likeness (QED) is 0.191. The molecule has 0 bridgehead atoms. The summed E-state index contributed by atoms with van der Waals surface area (Å²) in [7, 11) is 0. The first-order valence-electron chi connectivity index (χ1n) is 16.6. The Balaban J connectivity index is 1.12. The number of aromatic nitrogens is 3. The van der Waals surface area contributed by atoms with Crippen LogP contribution >= 0.6 is 0 Å². The number of rotatable bonds is 4. The number of benzene rings is 7. The number of fused-ring (bicyclic) bond motifs is 8. The van der Waals surface area contributed by atoms with Crippen LogP contribution in [-0.2, 0) is 0 Å². The van der Waals surface area contributed by atoms with E-state index < -0.39 is 0 Å². The van der Waals surface area contributed by atoms with Crippen LogP contribution in [0.2, 0.25) is 0 Å². The summed E-state index contributed by atoms with van der Waals surface area (Å²) >= 11 is 0. The summed E-state index contributed by atoms with van der Waals surface area (Å²) in [5.41, 5.74) is 10.1. The molecule has 49 heavy (non-hydrogen) atoms. The summed E-state index contributed by atoms with van der Waals surface area (Å²) in [6.45, 7) is 0. The number of pyridine rings is 1. The van der Waals surface area contributed by atoms with E-state index in [0.29, 0.717) is 5.52 Å². The smallest absolute Gasteiger partial charge is 0.280 e. The number of hydrogen-bond acceptors (Lipinski definition) is 1. The molecular formula is C45H29N3O. The fraction of sp³-hybridized carbons (Fsp3) is 0. The predicted molar refractivity (Wildman–Crippen MR) is 204 cm³/mol. The van der Waals surface area contributed by atoms with Gasteiger partial charge in [-0.3, -0.25) is 9.36 Å². The molecule has 0 saturated heterocycles. The second kappa shape index (κ2) is 10.7. The average Bonchev–Trinajstić information content (AvgIpc) is 3.70. The van der Waals surface area contributed by atoms with E-state index in [9.17, 15) is 4.79 Å². The van der Waals surface area contributed by atoms with Crippen LogP contribution in [0.5, 0.6) is 0 Å². The van der Waals surface area contributed by atoms with E-state index in [0.717, 1.165) is 55.4 Å². The Bertz CT molecular complexity index is 2870. The Morgan fingerprint density at radius 1 is 0.306 bits per heavy atom. The third-order valence-corrected chi connectivity index (χ3v) is 9.87. The van der Waals surface area contributed by atoms with Crippen LogP contribution in [0.3, 0.4) is 0 Å². The molecular weight excluding hydrogens is 599 g/mol. The van der Waals surface area contributed by atoms with Crippen molar-refractivity contribution in [3.8, 4) is 28.2 Å². The fourth-order valence-corrected chi connectivity index (χ4v) is 7.72. The molecule has 0 aliphatic heterocycles. The maximum Gasteiger partial charge on any atom is 0.280 e. The van der Waals surface area contributed by atoms with Crippen molar-refractivity contribution in [2.45, 2.75) is 0 Å². The van der Waals surface area contributed by atoms with E-state index in [-0.39, 0.29) is 5.56 Å². The van der Waals surface area contributed by atoms with Gasteiger partial charge in [0.05, 0.1) is 22.1 Å². The molecule has 4 heteroatoms. The summed E-state index contributed by atoms with van der Waals surface area (Å²) in [6.07, 6.45) is 0. The molecule has 10 aromatic rings. The van der Waals surface area contributed by atoms with Crippen LogP contribution in [0.15, 0.2) is 181 Å². The lowest BCUT2D eigenvalue weighted by Gasteiger charge is -2.14. The molecule has 0 saturated carbocycles. The van der Waals surface area contributed by atoms with Gasteiger partial charge in [-0.1, -0.05) is 115 Å². The van der Waals surface area contributed by atoms with Gasteiger partial charge in [0.25, 0.3) is 5.56 Å². The summed E-state index contributed by atoms with van der Waals surface area (Å²) in [5, 5.41) is 5.61. The van der Waals surface area contributed by atoms with E-state index in [1.807, 2.05) is 53.1 Å². The van der Waals surface area contributed by atoms with Gasteiger partial charge in [0.2, 0.25) is 0 Å². The third-order valence-electron chi connectivity index (χ3n) is 9.87. The van der Waals surface area contributed by atoms with Gasteiger partial charge in [0.1, 0.15) is 5.52 Å². The van der Waals surface area contributed by atoms with Gasteiger partial charge in [-0.05, 0) is 71.8 Å². The maximum absolute atomic E-state index is 14.6. The largest absolute Gasteiger partial charge is 0.309 e. The highest BCUT2D eigenvalue weighted by Gasteiger charge is 2.21. The first-order chi connectivity index (χ1) is 24.3.